The fourth-order valence-electron chi connectivity index (χ4n) is 0. The van der Waals surface area contributed by atoms with Crippen molar-refractivity contribution < 1.29 is 29.4 Å². The summed E-state index contributed by atoms with van der Waals surface area (Å²) in [6.07, 6.45) is 0. The van der Waals surface area contributed by atoms with Gasteiger partial charge >= 0.3 is 36.2 Å². The smallest absolute Gasteiger partial charge is 1.00 e. The number of nitrogens with two attached hydrogens (primary N) is 1. The molecule has 0 aromatic heterocycles. The Labute approximate surface area is 84.8 Å². The van der Waals surface area contributed by atoms with Gasteiger partial charge in [-0.25, -0.2) is 0 Å². The van der Waals surface area contributed by atoms with E-state index in [-0.39, 0.29) is 53.3 Å². The molecule has 0 atom stereocenters. The van der Waals surface area contributed by atoms with Crippen molar-refractivity contribution in [1.29, 1.82) is 0 Å². The monoisotopic (exact) mass is 139 g/mol. The van der Waals surface area contributed by atoms with Gasteiger partial charge in [0.2, 0.25) is 5.91 Å². The molecule has 0 fully saturated rings. The Kier molecular flexibility index (Phi) is 9.76. The van der Waals surface area contributed by atoms with Gasteiger partial charge in [0, 0.05) is 5.41 Å². The van der Waals surface area contributed by atoms with Gasteiger partial charge in [0.15, 0.2) is 0 Å². The molecule has 0 aliphatic heterocycles. The van der Waals surface area contributed by atoms with Crippen LogP contribution in [0.4, 0.5) is 0 Å². The molecular weight excluding hydrogens is 124 g/mol. The first-order valence-corrected chi connectivity index (χ1v) is 2.24. The van der Waals surface area contributed by atoms with Crippen molar-refractivity contribution in [2.45, 2.75) is 20.8 Å². The minimum atomic E-state index is -0.361. The third kappa shape index (κ3) is 8.60. The first-order chi connectivity index (χ1) is 2.94. The van der Waals surface area contributed by atoms with E-state index in [1.807, 2.05) is 0 Å². The summed E-state index contributed by atoms with van der Waals surface area (Å²) in [4.78, 5) is 10.2. The zero-order chi connectivity index (χ0) is 6.08. The van der Waals surface area contributed by atoms with Gasteiger partial charge in [-0.3, -0.25) is 4.79 Å². The fourth-order valence-corrected chi connectivity index (χ4v) is 0. The van der Waals surface area contributed by atoms with E-state index in [4.69, 9.17) is 5.73 Å². The predicted molar refractivity (Wildman–Crippen MR) is 38.9 cm³/mol. The Morgan fingerprint density at radius 3 is 1.56 bits per heavy atom. The van der Waals surface area contributed by atoms with Crippen LogP contribution in [0.5, 0.6) is 0 Å². The minimum Gasteiger partial charge on any atom is -1.00 e. The van der Waals surface area contributed by atoms with Gasteiger partial charge < -0.3 is 11.4 Å². The van der Waals surface area contributed by atoms with Crippen LogP contribution in [-0.4, -0.2) is 23.3 Å². The molecule has 0 heterocycles. The largest absolute Gasteiger partial charge is 3.00 e. The van der Waals surface area contributed by atoms with Crippen molar-refractivity contribution in [3.05, 3.63) is 0 Å². The van der Waals surface area contributed by atoms with E-state index >= 15 is 0 Å². The molecule has 0 aliphatic rings. The quantitative estimate of drug-likeness (QED) is 0.373. The van der Waals surface area contributed by atoms with Gasteiger partial charge in [0.1, 0.15) is 0 Å². The Morgan fingerprint density at radius 2 is 1.56 bits per heavy atom. The first kappa shape index (κ1) is 16.3. The topological polar surface area (TPSA) is 43.1 Å². The second-order valence-corrected chi connectivity index (χ2v) is 2.61. The molecule has 2 nitrogen and oxygen atoms in total. The van der Waals surface area contributed by atoms with Crippen LogP contribution in [-0.2, 0) is 4.79 Å². The molecule has 0 unspecified atom stereocenters. The van der Waals surface area contributed by atoms with Crippen LogP contribution in [0.15, 0.2) is 0 Å². The molecule has 0 aromatic rings. The second kappa shape index (κ2) is 5.39. The van der Waals surface area contributed by atoms with E-state index in [9.17, 15) is 4.79 Å². The number of rotatable bonds is 0. The number of amides is 1. The molecule has 0 saturated carbocycles. The maximum absolute atomic E-state index is 10.2. The van der Waals surface area contributed by atoms with Crippen molar-refractivity contribution in [2.75, 3.05) is 0 Å². The van der Waals surface area contributed by atoms with Crippen LogP contribution in [0.25, 0.3) is 0 Å². The van der Waals surface area contributed by atoms with Crippen LogP contribution < -0.4 is 24.6 Å². The minimum absolute atomic E-state index is 0. The van der Waals surface area contributed by atoms with Crippen LogP contribution in [0.2, 0.25) is 0 Å². The summed E-state index contributed by atoms with van der Waals surface area (Å²) >= 11 is 0. The van der Waals surface area contributed by atoms with Gasteiger partial charge in [0.05, 0.1) is 0 Å². The van der Waals surface area contributed by atoms with E-state index in [2.05, 4.69) is 0 Å². The molecule has 2 N–H and O–H groups in total. The summed E-state index contributed by atoms with van der Waals surface area (Å²) in [6, 6.07) is 0. The second-order valence-electron chi connectivity index (χ2n) is 2.61. The van der Waals surface area contributed by atoms with Crippen LogP contribution in [0.3, 0.4) is 0 Å². The van der Waals surface area contributed by atoms with Crippen molar-refractivity contribution >= 4 is 23.3 Å². The maximum Gasteiger partial charge on any atom is 3.00 e. The van der Waals surface area contributed by atoms with E-state index in [0.717, 1.165) is 0 Å². The van der Waals surface area contributed by atoms with E-state index in [1.54, 1.807) is 20.8 Å². The van der Waals surface area contributed by atoms with Gasteiger partial charge in [-0.15, -0.1) is 0 Å². The predicted octanol–water partition coefficient (Wildman–Crippen LogP) is -2.41. The van der Waals surface area contributed by atoms with Crippen molar-refractivity contribution in [3.8, 4) is 0 Å². The van der Waals surface area contributed by atoms with Crippen molar-refractivity contribution in [1.82, 2.24) is 0 Å². The summed E-state index contributed by atoms with van der Waals surface area (Å²) < 4.78 is 0. The molecule has 1 amide bonds. The van der Waals surface area contributed by atoms with E-state index < -0.39 is 0 Å². The molecule has 9 heavy (non-hydrogen) atoms. The average Bonchev–Trinajstić information content (AvgIpc) is 1.31. The van der Waals surface area contributed by atoms with Crippen LogP contribution in [0.1, 0.15) is 26.5 Å². The molecule has 0 spiro atoms. The molecule has 0 rings (SSSR count). The third-order valence-electron chi connectivity index (χ3n) is 0.739. The van der Waals surface area contributed by atoms with E-state index in [1.165, 1.54) is 0 Å². The Morgan fingerprint density at radius 1 is 1.44 bits per heavy atom. The molecule has 50 valence electrons. The Bertz CT molecular complexity index is 101. The van der Waals surface area contributed by atoms with Crippen molar-refractivity contribution in [3.63, 3.8) is 0 Å². The van der Waals surface area contributed by atoms with Gasteiger partial charge in [-0.1, -0.05) is 20.8 Å². The van der Waals surface area contributed by atoms with Gasteiger partial charge in [-0.2, -0.15) is 0 Å². The summed E-state index contributed by atoms with van der Waals surface area (Å²) in [5.41, 5.74) is 4.57. The standard InChI is InChI=1S/C5H11NO.Al.Li.4H/c1-5(2,3)4(6)7;;;;;;/h1-3H3,(H2,6,7);;;;;;/q;+3;+1;4*-1. The van der Waals surface area contributed by atoms with Crippen molar-refractivity contribution in [2.24, 2.45) is 11.1 Å². The molecule has 0 bridgehead atoms. The number of carbonyl (C=O) groups is 1. The average molecular weight is 139 g/mol. The SMILES string of the molecule is CC(C)(C)C(N)=O.[Al+3].[H-].[H-].[H-].[H-].[Li+]. The summed E-state index contributed by atoms with van der Waals surface area (Å²) in [5.74, 6) is -0.257. The number of primary amides is 1. The summed E-state index contributed by atoms with van der Waals surface area (Å²) in [7, 11) is 0. The summed E-state index contributed by atoms with van der Waals surface area (Å²) in [6.45, 7) is 5.36. The number of hydrogen-bond donors (Lipinski definition) is 1. The fraction of sp³-hybridized carbons (Fsp3) is 0.800. The molecule has 0 aromatic carbocycles. The van der Waals surface area contributed by atoms with E-state index in [0.29, 0.717) is 0 Å². The molecule has 0 saturated heterocycles. The number of carbonyl (C=O) groups excluding carboxylic acids is 1. The third-order valence-corrected chi connectivity index (χ3v) is 0.739. The first-order valence-electron chi connectivity index (χ1n) is 2.24. The Hall–Kier alpha value is 0.600. The van der Waals surface area contributed by atoms with Crippen LogP contribution in [0, 0.1) is 5.41 Å². The summed E-state index contributed by atoms with van der Waals surface area (Å²) in [5, 5.41) is 0. The zero-order valence-corrected chi connectivity index (χ0v) is 7.72. The Balaban J connectivity index is -0.0000000120. The normalized spacial score (nSPS) is 8.78. The molecule has 0 aliphatic carbocycles. The number of hydrogen-bond acceptors (Lipinski definition) is 1. The molecular formula is C5H15AlLiNO. The molecule has 4 heteroatoms. The van der Waals surface area contributed by atoms with Crippen LogP contribution >= 0.6 is 0 Å². The van der Waals surface area contributed by atoms with Gasteiger partial charge in [0.25, 0.3) is 0 Å². The maximum atomic E-state index is 10.2. The van der Waals surface area contributed by atoms with Gasteiger partial charge in [-0.05, 0) is 0 Å². The molecule has 0 radical (unpaired) electrons. The zero-order valence-electron chi connectivity index (χ0n) is 10.6.